The Balaban J connectivity index is 2.06. The summed E-state index contributed by atoms with van der Waals surface area (Å²) in [5.41, 5.74) is 3.08. The molecule has 1 heterocycles. The van der Waals surface area contributed by atoms with Gasteiger partial charge in [0.15, 0.2) is 0 Å². The van der Waals surface area contributed by atoms with Crippen LogP contribution in [0.25, 0.3) is 0 Å². The van der Waals surface area contributed by atoms with Gasteiger partial charge in [-0.25, -0.2) is 15.8 Å². The van der Waals surface area contributed by atoms with Crippen molar-refractivity contribution in [1.29, 1.82) is 0 Å². The molecule has 112 valence electrons. The summed E-state index contributed by atoms with van der Waals surface area (Å²) in [5, 5.41) is 3.51. The van der Waals surface area contributed by atoms with Gasteiger partial charge in [0.25, 0.3) is 0 Å². The summed E-state index contributed by atoms with van der Waals surface area (Å²) < 4.78 is 0. The molecule has 1 saturated carbocycles. The Morgan fingerprint density at radius 2 is 1.90 bits per heavy atom. The Morgan fingerprint density at radius 3 is 2.50 bits per heavy atom. The fourth-order valence-electron chi connectivity index (χ4n) is 3.06. The van der Waals surface area contributed by atoms with Gasteiger partial charge in [-0.3, -0.25) is 0 Å². The number of hydrogen-bond donors (Lipinski definition) is 3. The minimum absolute atomic E-state index is 0.451. The Hall–Kier alpha value is -1.36. The second-order valence-electron chi connectivity index (χ2n) is 5.86. The molecule has 20 heavy (non-hydrogen) atoms. The van der Waals surface area contributed by atoms with E-state index in [1.54, 1.807) is 0 Å². The lowest BCUT2D eigenvalue weighted by molar-refractivity contribution is 0.306. The predicted molar refractivity (Wildman–Crippen MR) is 83.5 cm³/mol. The van der Waals surface area contributed by atoms with Crippen molar-refractivity contribution in [3.05, 3.63) is 11.9 Å². The van der Waals surface area contributed by atoms with Gasteiger partial charge in [-0.2, -0.15) is 0 Å². The molecule has 1 aliphatic carbocycles. The minimum Gasteiger partial charge on any atom is -0.369 e. The van der Waals surface area contributed by atoms with E-state index in [1.807, 2.05) is 6.07 Å². The van der Waals surface area contributed by atoms with E-state index in [2.05, 4.69) is 34.6 Å². The SMILES string of the molecule is CCCc1nc(NN)cc(NCC2(CC)CCCC2)n1. The van der Waals surface area contributed by atoms with E-state index in [-0.39, 0.29) is 0 Å². The molecule has 0 aromatic carbocycles. The van der Waals surface area contributed by atoms with Crippen molar-refractivity contribution in [3.63, 3.8) is 0 Å². The van der Waals surface area contributed by atoms with Crippen LogP contribution in [0.5, 0.6) is 0 Å². The van der Waals surface area contributed by atoms with E-state index in [9.17, 15) is 0 Å². The molecule has 0 atom stereocenters. The quantitative estimate of drug-likeness (QED) is 0.527. The van der Waals surface area contributed by atoms with Gasteiger partial charge in [0.2, 0.25) is 0 Å². The van der Waals surface area contributed by atoms with Gasteiger partial charge >= 0.3 is 0 Å². The van der Waals surface area contributed by atoms with Crippen molar-refractivity contribution < 1.29 is 0 Å². The summed E-state index contributed by atoms with van der Waals surface area (Å²) in [5.74, 6) is 7.90. The van der Waals surface area contributed by atoms with Crippen LogP contribution in [0.15, 0.2) is 6.07 Å². The van der Waals surface area contributed by atoms with E-state index >= 15 is 0 Å². The van der Waals surface area contributed by atoms with E-state index in [0.29, 0.717) is 11.2 Å². The maximum absolute atomic E-state index is 5.49. The maximum atomic E-state index is 5.49. The molecule has 0 bridgehead atoms. The molecule has 4 N–H and O–H groups in total. The van der Waals surface area contributed by atoms with Crippen LogP contribution in [0.1, 0.15) is 58.2 Å². The lowest BCUT2D eigenvalue weighted by Gasteiger charge is -2.28. The second-order valence-corrected chi connectivity index (χ2v) is 5.86. The summed E-state index contributed by atoms with van der Waals surface area (Å²) in [7, 11) is 0. The third-order valence-electron chi connectivity index (χ3n) is 4.45. The van der Waals surface area contributed by atoms with Crippen LogP contribution in [0.2, 0.25) is 0 Å². The molecule has 0 unspecified atom stereocenters. The van der Waals surface area contributed by atoms with Gasteiger partial charge < -0.3 is 10.7 Å². The molecule has 0 radical (unpaired) electrons. The lowest BCUT2D eigenvalue weighted by Crippen LogP contribution is -2.26. The summed E-state index contributed by atoms with van der Waals surface area (Å²) in [6, 6.07) is 1.89. The Labute approximate surface area is 121 Å². The third kappa shape index (κ3) is 3.60. The second kappa shape index (κ2) is 6.88. The number of nitrogen functional groups attached to an aromatic ring is 1. The highest BCUT2D eigenvalue weighted by molar-refractivity contribution is 5.47. The highest BCUT2D eigenvalue weighted by atomic mass is 15.3. The molecule has 0 amide bonds. The maximum Gasteiger partial charge on any atom is 0.145 e. The van der Waals surface area contributed by atoms with Crippen molar-refractivity contribution in [3.8, 4) is 0 Å². The topological polar surface area (TPSA) is 75.9 Å². The van der Waals surface area contributed by atoms with Crippen LogP contribution >= 0.6 is 0 Å². The number of rotatable bonds is 7. The Morgan fingerprint density at radius 1 is 1.20 bits per heavy atom. The fourth-order valence-corrected chi connectivity index (χ4v) is 3.06. The van der Waals surface area contributed by atoms with E-state index in [4.69, 9.17) is 5.84 Å². The molecule has 0 saturated heterocycles. The van der Waals surface area contributed by atoms with Gasteiger partial charge in [0.05, 0.1) is 0 Å². The predicted octanol–water partition coefficient (Wildman–Crippen LogP) is 3.10. The van der Waals surface area contributed by atoms with Gasteiger partial charge in [0, 0.05) is 19.0 Å². The van der Waals surface area contributed by atoms with Crippen molar-refractivity contribution in [2.75, 3.05) is 17.3 Å². The molecule has 0 spiro atoms. The van der Waals surface area contributed by atoms with E-state index in [0.717, 1.165) is 31.0 Å². The van der Waals surface area contributed by atoms with Crippen LogP contribution in [-0.2, 0) is 6.42 Å². The molecule has 5 heteroatoms. The first-order valence-corrected chi connectivity index (χ1v) is 7.80. The average Bonchev–Trinajstić information content (AvgIpc) is 2.95. The summed E-state index contributed by atoms with van der Waals surface area (Å²) in [4.78, 5) is 8.95. The number of hydrogen-bond acceptors (Lipinski definition) is 5. The van der Waals surface area contributed by atoms with E-state index in [1.165, 1.54) is 32.1 Å². The van der Waals surface area contributed by atoms with Gasteiger partial charge in [-0.05, 0) is 31.1 Å². The highest BCUT2D eigenvalue weighted by Gasteiger charge is 2.31. The number of aromatic nitrogens is 2. The largest absolute Gasteiger partial charge is 0.369 e. The number of nitrogens with one attached hydrogen (secondary N) is 2. The average molecular weight is 277 g/mol. The van der Waals surface area contributed by atoms with Crippen molar-refractivity contribution >= 4 is 11.6 Å². The summed E-state index contributed by atoms with van der Waals surface area (Å²) in [6.07, 6.45) is 8.51. The first-order chi connectivity index (χ1) is 9.71. The van der Waals surface area contributed by atoms with Crippen LogP contribution in [-0.4, -0.2) is 16.5 Å². The van der Waals surface area contributed by atoms with E-state index < -0.39 is 0 Å². The number of anilines is 2. The smallest absolute Gasteiger partial charge is 0.145 e. The van der Waals surface area contributed by atoms with Crippen LogP contribution in [0.4, 0.5) is 11.6 Å². The normalized spacial score (nSPS) is 17.1. The molecule has 1 fully saturated rings. The molecule has 1 aromatic rings. The molecular weight excluding hydrogens is 250 g/mol. The number of hydrazine groups is 1. The van der Waals surface area contributed by atoms with Crippen LogP contribution in [0.3, 0.4) is 0 Å². The summed E-state index contributed by atoms with van der Waals surface area (Å²) >= 11 is 0. The van der Waals surface area contributed by atoms with Crippen LogP contribution < -0.4 is 16.6 Å². The number of aryl methyl sites for hydroxylation is 1. The van der Waals surface area contributed by atoms with Crippen molar-refractivity contribution in [1.82, 2.24) is 9.97 Å². The highest BCUT2D eigenvalue weighted by Crippen LogP contribution is 2.40. The van der Waals surface area contributed by atoms with Gasteiger partial charge in [-0.1, -0.05) is 26.7 Å². The zero-order chi connectivity index (χ0) is 14.4. The number of nitrogens with two attached hydrogens (primary N) is 1. The number of nitrogens with zero attached hydrogens (tertiary/aromatic N) is 2. The van der Waals surface area contributed by atoms with Crippen molar-refractivity contribution in [2.45, 2.75) is 58.8 Å². The van der Waals surface area contributed by atoms with Gasteiger partial charge in [-0.15, -0.1) is 0 Å². The molecular formula is C15H27N5. The minimum atomic E-state index is 0.451. The first-order valence-electron chi connectivity index (χ1n) is 7.80. The Kier molecular flexibility index (Phi) is 5.17. The van der Waals surface area contributed by atoms with Crippen LogP contribution in [0, 0.1) is 5.41 Å². The molecule has 2 rings (SSSR count). The monoisotopic (exact) mass is 277 g/mol. The third-order valence-corrected chi connectivity index (χ3v) is 4.45. The molecule has 0 aliphatic heterocycles. The fraction of sp³-hybridized carbons (Fsp3) is 0.733. The zero-order valence-corrected chi connectivity index (χ0v) is 12.7. The molecule has 5 nitrogen and oxygen atoms in total. The molecule has 1 aliphatic rings. The molecule has 1 aromatic heterocycles. The standard InChI is InChI=1S/C15H27N5/c1-3-7-12-18-13(10-14(19-12)20-16)17-11-15(4-2)8-5-6-9-15/h10H,3-9,11,16H2,1-2H3,(H2,17,18,19,20). The first kappa shape index (κ1) is 15.0. The van der Waals surface area contributed by atoms with Crippen molar-refractivity contribution in [2.24, 2.45) is 11.3 Å². The lowest BCUT2D eigenvalue weighted by atomic mass is 9.83. The Bertz CT molecular complexity index is 426. The zero-order valence-electron chi connectivity index (χ0n) is 12.7. The summed E-state index contributed by atoms with van der Waals surface area (Å²) in [6.45, 7) is 5.42. The van der Waals surface area contributed by atoms with Gasteiger partial charge in [0.1, 0.15) is 17.5 Å².